The first-order chi connectivity index (χ1) is 11.3. The fourth-order valence-corrected chi connectivity index (χ4v) is 4.43. The zero-order valence-electron chi connectivity index (χ0n) is 14.6. The smallest absolute Gasteiger partial charge is 0.119 e. The normalized spacial score (nSPS) is 27.5. The minimum absolute atomic E-state index is 0. The Labute approximate surface area is 152 Å². The average Bonchev–Trinajstić information content (AvgIpc) is 2.69. The summed E-state index contributed by atoms with van der Waals surface area (Å²) < 4.78 is 0. The molecule has 1 aliphatic heterocycles. The number of hydrogen-bond acceptors (Lipinski definition) is 3. The summed E-state index contributed by atoms with van der Waals surface area (Å²) in [6.07, 6.45) is 11.3. The van der Waals surface area contributed by atoms with Crippen LogP contribution in [0.5, 0.6) is 5.75 Å². The number of halogens is 1. The third-order valence-electron chi connectivity index (χ3n) is 5.79. The van der Waals surface area contributed by atoms with E-state index in [2.05, 4.69) is 4.90 Å². The Bertz CT molecular complexity index is 486. The van der Waals surface area contributed by atoms with Crippen LogP contribution in [0.4, 0.5) is 0 Å². The van der Waals surface area contributed by atoms with Gasteiger partial charge in [0, 0.05) is 18.5 Å². The monoisotopic (exact) mass is 353 g/mol. The third-order valence-corrected chi connectivity index (χ3v) is 5.79. The highest BCUT2D eigenvalue weighted by atomic mass is 35.5. The number of β-amino-alcohol motifs (C(OH)–C–C–N with tert-alkyl or cyclic N) is 1. The average molecular weight is 354 g/mol. The predicted octanol–water partition coefficient (Wildman–Crippen LogP) is 4.47. The number of nitrogens with zero attached hydrogens (tertiary/aromatic N) is 1. The number of rotatable bonds is 2. The SMILES string of the molecule is Cl.Oc1ccccc1C1CCN(C2CCCCCCCC2)CC1O. The molecule has 136 valence electrons. The van der Waals surface area contributed by atoms with Crippen LogP contribution in [0.25, 0.3) is 0 Å². The summed E-state index contributed by atoms with van der Waals surface area (Å²) in [5.74, 6) is 0.399. The van der Waals surface area contributed by atoms with Gasteiger partial charge in [0.2, 0.25) is 0 Å². The first-order valence-corrected chi connectivity index (χ1v) is 9.45. The summed E-state index contributed by atoms with van der Waals surface area (Å²) in [7, 11) is 0. The maximum absolute atomic E-state index is 10.7. The van der Waals surface area contributed by atoms with E-state index in [0.717, 1.165) is 25.1 Å². The Hall–Kier alpha value is -0.770. The van der Waals surface area contributed by atoms with Crippen molar-refractivity contribution in [2.24, 2.45) is 0 Å². The van der Waals surface area contributed by atoms with Crippen LogP contribution in [0, 0.1) is 0 Å². The van der Waals surface area contributed by atoms with Gasteiger partial charge in [0.05, 0.1) is 6.10 Å². The number of hydrogen-bond donors (Lipinski definition) is 2. The molecule has 2 N–H and O–H groups in total. The molecule has 0 radical (unpaired) electrons. The number of benzene rings is 1. The van der Waals surface area contributed by atoms with Gasteiger partial charge in [-0.1, -0.05) is 56.7 Å². The van der Waals surface area contributed by atoms with Crippen molar-refractivity contribution < 1.29 is 10.2 Å². The lowest BCUT2D eigenvalue weighted by Crippen LogP contribution is -2.47. The van der Waals surface area contributed by atoms with E-state index < -0.39 is 0 Å². The van der Waals surface area contributed by atoms with E-state index >= 15 is 0 Å². The number of aromatic hydroxyl groups is 1. The Morgan fingerprint density at radius 2 is 1.50 bits per heavy atom. The van der Waals surface area contributed by atoms with Crippen LogP contribution < -0.4 is 0 Å². The highest BCUT2D eigenvalue weighted by molar-refractivity contribution is 5.85. The third kappa shape index (κ3) is 4.87. The topological polar surface area (TPSA) is 43.7 Å². The van der Waals surface area contributed by atoms with Gasteiger partial charge in [0.1, 0.15) is 5.75 Å². The predicted molar refractivity (Wildman–Crippen MR) is 101 cm³/mol. The van der Waals surface area contributed by atoms with Gasteiger partial charge < -0.3 is 10.2 Å². The van der Waals surface area contributed by atoms with E-state index in [4.69, 9.17) is 0 Å². The molecule has 3 rings (SSSR count). The zero-order valence-corrected chi connectivity index (χ0v) is 15.4. The zero-order chi connectivity index (χ0) is 16.1. The van der Waals surface area contributed by atoms with Crippen molar-refractivity contribution in [3.05, 3.63) is 29.8 Å². The van der Waals surface area contributed by atoms with Crippen LogP contribution >= 0.6 is 12.4 Å². The van der Waals surface area contributed by atoms with Crippen molar-refractivity contribution in [2.45, 2.75) is 75.9 Å². The van der Waals surface area contributed by atoms with E-state index in [-0.39, 0.29) is 24.4 Å². The maximum atomic E-state index is 10.7. The van der Waals surface area contributed by atoms with Gasteiger partial charge in [-0.05, 0) is 37.4 Å². The van der Waals surface area contributed by atoms with Gasteiger partial charge in [-0.2, -0.15) is 0 Å². The Morgan fingerprint density at radius 3 is 2.12 bits per heavy atom. The number of phenols is 1. The van der Waals surface area contributed by atoms with Crippen molar-refractivity contribution in [3.8, 4) is 5.75 Å². The molecule has 4 heteroatoms. The van der Waals surface area contributed by atoms with E-state index in [0.29, 0.717) is 11.8 Å². The molecule has 1 heterocycles. The molecule has 0 spiro atoms. The molecule has 2 atom stereocenters. The minimum Gasteiger partial charge on any atom is -0.508 e. The fourth-order valence-electron chi connectivity index (χ4n) is 4.43. The lowest BCUT2D eigenvalue weighted by Gasteiger charge is -2.41. The van der Waals surface area contributed by atoms with E-state index in [1.807, 2.05) is 18.2 Å². The molecular formula is C20H32ClNO2. The Kier molecular flexibility index (Phi) is 7.86. The van der Waals surface area contributed by atoms with Gasteiger partial charge in [0.15, 0.2) is 0 Å². The molecular weight excluding hydrogens is 322 g/mol. The van der Waals surface area contributed by atoms with E-state index in [9.17, 15) is 10.2 Å². The summed E-state index contributed by atoms with van der Waals surface area (Å²) in [5, 5.41) is 20.7. The van der Waals surface area contributed by atoms with E-state index in [1.165, 1.54) is 51.4 Å². The molecule has 1 aromatic carbocycles. The van der Waals surface area contributed by atoms with Gasteiger partial charge >= 0.3 is 0 Å². The van der Waals surface area contributed by atoms with Gasteiger partial charge in [0.25, 0.3) is 0 Å². The van der Waals surface area contributed by atoms with Crippen LogP contribution in [0.1, 0.15) is 69.3 Å². The molecule has 1 saturated heterocycles. The highest BCUT2D eigenvalue weighted by Gasteiger charge is 2.33. The van der Waals surface area contributed by atoms with Crippen molar-refractivity contribution in [3.63, 3.8) is 0 Å². The number of piperidine rings is 1. The summed E-state index contributed by atoms with van der Waals surface area (Å²) in [6.45, 7) is 1.80. The molecule has 2 aliphatic rings. The van der Waals surface area contributed by atoms with Gasteiger partial charge in [-0.25, -0.2) is 0 Å². The van der Waals surface area contributed by atoms with Gasteiger partial charge in [-0.3, -0.25) is 4.90 Å². The van der Waals surface area contributed by atoms with Crippen molar-refractivity contribution >= 4 is 12.4 Å². The van der Waals surface area contributed by atoms with Crippen LogP contribution in [0.2, 0.25) is 0 Å². The first-order valence-electron chi connectivity index (χ1n) is 9.45. The van der Waals surface area contributed by atoms with Gasteiger partial charge in [-0.15, -0.1) is 12.4 Å². The molecule has 2 unspecified atom stereocenters. The molecule has 1 saturated carbocycles. The van der Waals surface area contributed by atoms with Crippen LogP contribution in [0.3, 0.4) is 0 Å². The second kappa shape index (κ2) is 9.65. The molecule has 1 aromatic rings. The van der Waals surface area contributed by atoms with Crippen LogP contribution in [-0.2, 0) is 0 Å². The Morgan fingerprint density at radius 1 is 0.875 bits per heavy atom. The molecule has 24 heavy (non-hydrogen) atoms. The molecule has 0 aromatic heterocycles. The molecule has 3 nitrogen and oxygen atoms in total. The molecule has 2 fully saturated rings. The number of likely N-dealkylation sites (tertiary alicyclic amines) is 1. The van der Waals surface area contributed by atoms with E-state index in [1.54, 1.807) is 6.07 Å². The summed E-state index contributed by atoms with van der Waals surface area (Å²) >= 11 is 0. The van der Waals surface area contributed by atoms with Crippen LogP contribution in [-0.4, -0.2) is 40.3 Å². The number of phenolic OH excluding ortho intramolecular Hbond substituents is 1. The fraction of sp³-hybridized carbons (Fsp3) is 0.700. The largest absolute Gasteiger partial charge is 0.508 e. The lowest BCUT2D eigenvalue weighted by molar-refractivity contribution is 0.0241. The number of para-hydroxylation sites is 1. The second-order valence-corrected chi connectivity index (χ2v) is 7.37. The van der Waals surface area contributed by atoms with Crippen LogP contribution in [0.15, 0.2) is 24.3 Å². The summed E-state index contributed by atoms with van der Waals surface area (Å²) in [5.41, 5.74) is 0.911. The number of aliphatic hydroxyl groups is 1. The molecule has 1 aliphatic carbocycles. The maximum Gasteiger partial charge on any atom is 0.119 e. The van der Waals surface area contributed by atoms with Crippen molar-refractivity contribution in [1.82, 2.24) is 4.90 Å². The minimum atomic E-state index is -0.371. The number of aliphatic hydroxyl groups excluding tert-OH is 1. The lowest BCUT2D eigenvalue weighted by atomic mass is 9.85. The molecule has 0 bridgehead atoms. The summed E-state index contributed by atoms with van der Waals surface area (Å²) in [6, 6.07) is 8.13. The quantitative estimate of drug-likeness (QED) is 0.824. The summed E-state index contributed by atoms with van der Waals surface area (Å²) in [4.78, 5) is 2.52. The van der Waals surface area contributed by atoms with Crippen molar-refractivity contribution in [2.75, 3.05) is 13.1 Å². The molecule has 0 amide bonds. The second-order valence-electron chi connectivity index (χ2n) is 7.37. The van der Waals surface area contributed by atoms with Crippen molar-refractivity contribution in [1.29, 1.82) is 0 Å². The Balaban J connectivity index is 0.00000208. The highest BCUT2D eigenvalue weighted by Crippen LogP contribution is 2.35. The standard InChI is InChI=1S/C20H31NO2.ClH/c22-19-12-8-7-11-17(19)18-13-14-21(15-20(18)23)16-9-5-3-1-2-4-6-10-16;/h7-8,11-12,16,18,20,22-23H,1-6,9-10,13-15H2;1H. The first kappa shape index (κ1) is 19.6.